The highest BCUT2D eigenvalue weighted by molar-refractivity contribution is 5.81. The molecule has 1 heterocycles. The standard InChI is InChI=1S/C16H21NO3/c1-17-8-7-16(11-3-2-4-12(18)9-11)10-13(19)5-6-14(16)15(17)20/h2-4,9,13-14,18-19H,5-8,10H2,1H3. The number of fused-ring (bicyclic) bond motifs is 1. The highest BCUT2D eigenvalue weighted by Crippen LogP contribution is 2.49. The van der Waals surface area contributed by atoms with Crippen LogP contribution in [0.25, 0.3) is 0 Å². The average Bonchev–Trinajstić information content (AvgIpc) is 2.43. The number of carbonyl (C=O) groups excluding carboxylic acids is 1. The van der Waals surface area contributed by atoms with Gasteiger partial charge in [0.2, 0.25) is 5.91 Å². The largest absolute Gasteiger partial charge is 0.508 e. The minimum atomic E-state index is -0.357. The third-order valence-corrected chi connectivity index (χ3v) is 5.04. The van der Waals surface area contributed by atoms with Crippen LogP contribution in [0.3, 0.4) is 0 Å². The van der Waals surface area contributed by atoms with E-state index in [1.54, 1.807) is 17.0 Å². The van der Waals surface area contributed by atoms with E-state index in [-0.39, 0.29) is 29.1 Å². The lowest BCUT2D eigenvalue weighted by molar-refractivity contribution is -0.145. The topological polar surface area (TPSA) is 60.8 Å². The molecule has 0 spiro atoms. The smallest absolute Gasteiger partial charge is 0.226 e. The number of piperidine rings is 1. The van der Waals surface area contributed by atoms with E-state index < -0.39 is 0 Å². The summed E-state index contributed by atoms with van der Waals surface area (Å²) < 4.78 is 0. The van der Waals surface area contributed by atoms with Gasteiger partial charge in [-0.2, -0.15) is 0 Å². The fourth-order valence-electron chi connectivity index (χ4n) is 3.96. The second-order valence-electron chi connectivity index (χ2n) is 6.20. The van der Waals surface area contributed by atoms with Crippen molar-refractivity contribution in [1.29, 1.82) is 0 Å². The molecular weight excluding hydrogens is 254 g/mol. The van der Waals surface area contributed by atoms with E-state index in [1.165, 1.54) is 0 Å². The number of aromatic hydroxyl groups is 1. The molecule has 3 atom stereocenters. The summed E-state index contributed by atoms with van der Waals surface area (Å²) >= 11 is 0. The molecule has 2 aliphatic rings. The van der Waals surface area contributed by atoms with Crippen LogP contribution < -0.4 is 0 Å². The predicted molar refractivity (Wildman–Crippen MR) is 75.4 cm³/mol. The van der Waals surface area contributed by atoms with Crippen LogP contribution in [0, 0.1) is 5.92 Å². The van der Waals surface area contributed by atoms with Gasteiger partial charge in [-0.3, -0.25) is 4.79 Å². The van der Waals surface area contributed by atoms with Crippen molar-refractivity contribution >= 4 is 5.91 Å². The Kier molecular flexibility index (Phi) is 3.21. The fourth-order valence-corrected chi connectivity index (χ4v) is 3.96. The zero-order valence-electron chi connectivity index (χ0n) is 11.7. The normalized spacial score (nSPS) is 33.9. The molecule has 20 heavy (non-hydrogen) atoms. The Morgan fingerprint density at radius 2 is 2.15 bits per heavy atom. The molecule has 1 aromatic rings. The summed E-state index contributed by atoms with van der Waals surface area (Å²) in [4.78, 5) is 14.3. The molecule has 0 aromatic heterocycles. The van der Waals surface area contributed by atoms with Crippen molar-refractivity contribution in [2.24, 2.45) is 5.92 Å². The maximum atomic E-state index is 12.5. The molecule has 3 unspecified atom stereocenters. The number of aliphatic hydroxyl groups is 1. The highest BCUT2D eigenvalue weighted by Gasteiger charge is 2.51. The average molecular weight is 275 g/mol. The Hall–Kier alpha value is -1.55. The highest BCUT2D eigenvalue weighted by atomic mass is 16.3. The third-order valence-electron chi connectivity index (χ3n) is 5.04. The molecular formula is C16H21NO3. The van der Waals surface area contributed by atoms with Gasteiger partial charge in [0, 0.05) is 24.9 Å². The number of amides is 1. The quantitative estimate of drug-likeness (QED) is 0.819. The van der Waals surface area contributed by atoms with E-state index in [9.17, 15) is 15.0 Å². The van der Waals surface area contributed by atoms with Crippen LogP contribution >= 0.6 is 0 Å². The molecule has 2 fully saturated rings. The molecule has 1 aromatic carbocycles. The molecule has 1 saturated heterocycles. The lowest BCUT2D eigenvalue weighted by atomic mass is 9.58. The van der Waals surface area contributed by atoms with Crippen molar-refractivity contribution in [2.45, 2.75) is 37.2 Å². The number of carbonyl (C=O) groups is 1. The molecule has 1 aliphatic heterocycles. The zero-order chi connectivity index (χ0) is 14.3. The van der Waals surface area contributed by atoms with Crippen LogP contribution in [0.1, 0.15) is 31.2 Å². The second kappa shape index (κ2) is 4.77. The van der Waals surface area contributed by atoms with Crippen molar-refractivity contribution in [3.63, 3.8) is 0 Å². The van der Waals surface area contributed by atoms with Crippen LogP contribution in [0.15, 0.2) is 24.3 Å². The van der Waals surface area contributed by atoms with Gasteiger partial charge in [-0.1, -0.05) is 12.1 Å². The molecule has 108 valence electrons. The van der Waals surface area contributed by atoms with Gasteiger partial charge in [-0.25, -0.2) is 0 Å². The SMILES string of the molecule is CN1CCC2(c3cccc(O)c3)CC(O)CCC2C1=O. The van der Waals surface area contributed by atoms with E-state index in [1.807, 2.05) is 19.2 Å². The summed E-state index contributed by atoms with van der Waals surface area (Å²) in [5, 5.41) is 19.9. The van der Waals surface area contributed by atoms with Crippen LogP contribution in [-0.4, -0.2) is 40.7 Å². The van der Waals surface area contributed by atoms with Gasteiger partial charge in [0.1, 0.15) is 5.75 Å². The summed E-state index contributed by atoms with van der Waals surface area (Å²) in [7, 11) is 1.85. The summed E-state index contributed by atoms with van der Waals surface area (Å²) in [5.41, 5.74) is 0.669. The molecule has 3 rings (SSSR count). The number of phenolic OH excluding ortho intramolecular Hbond substituents is 1. The molecule has 0 bridgehead atoms. The van der Waals surface area contributed by atoms with E-state index in [0.717, 1.165) is 18.4 Å². The summed E-state index contributed by atoms with van der Waals surface area (Å²) in [5.74, 6) is 0.319. The van der Waals surface area contributed by atoms with Gasteiger partial charge in [-0.15, -0.1) is 0 Å². The Bertz CT molecular complexity index is 530. The second-order valence-corrected chi connectivity index (χ2v) is 6.20. The molecule has 4 nitrogen and oxygen atoms in total. The number of likely N-dealkylation sites (tertiary alicyclic amines) is 1. The first-order chi connectivity index (χ1) is 9.53. The molecule has 1 amide bonds. The Morgan fingerprint density at radius 1 is 1.35 bits per heavy atom. The molecule has 1 saturated carbocycles. The molecule has 0 radical (unpaired) electrons. The van der Waals surface area contributed by atoms with Crippen molar-refractivity contribution < 1.29 is 15.0 Å². The van der Waals surface area contributed by atoms with Crippen molar-refractivity contribution in [3.8, 4) is 5.75 Å². The Balaban J connectivity index is 2.07. The van der Waals surface area contributed by atoms with Crippen molar-refractivity contribution in [1.82, 2.24) is 4.90 Å². The Labute approximate surface area is 119 Å². The van der Waals surface area contributed by atoms with Crippen LogP contribution in [0.2, 0.25) is 0 Å². The summed E-state index contributed by atoms with van der Waals surface area (Å²) in [6.07, 6.45) is 2.51. The predicted octanol–water partition coefficient (Wildman–Crippen LogP) is 1.65. The first-order valence-corrected chi connectivity index (χ1v) is 7.25. The Morgan fingerprint density at radius 3 is 2.90 bits per heavy atom. The van der Waals surface area contributed by atoms with Crippen LogP contribution in [0.5, 0.6) is 5.75 Å². The molecule has 4 heteroatoms. The first-order valence-electron chi connectivity index (χ1n) is 7.25. The van der Waals surface area contributed by atoms with Gasteiger partial charge in [0.25, 0.3) is 0 Å². The minimum Gasteiger partial charge on any atom is -0.508 e. The first kappa shape index (κ1) is 13.4. The van der Waals surface area contributed by atoms with Crippen LogP contribution in [-0.2, 0) is 10.2 Å². The number of nitrogens with zero attached hydrogens (tertiary/aromatic N) is 1. The maximum Gasteiger partial charge on any atom is 0.226 e. The van der Waals surface area contributed by atoms with Gasteiger partial charge in [0.05, 0.1) is 6.10 Å². The third kappa shape index (κ3) is 1.99. The number of phenols is 1. The van der Waals surface area contributed by atoms with Gasteiger partial charge < -0.3 is 15.1 Å². The lowest BCUT2D eigenvalue weighted by Gasteiger charge is -2.50. The van der Waals surface area contributed by atoms with E-state index in [2.05, 4.69) is 0 Å². The number of aliphatic hydroxyl groups excluding tert-OH is 1. The minimum absolute atomic E-state index is 0.0774. The number of hydrogen-bond acceptors (Lipinski definition) is 3. The van der Waals surface area contributed by atoms with E-state index >= 15 is 0 Å². The molecule has 2 N–H and O–H groups in total. The van der Waals surface area contributed by atoms with E-state index in [0.29, 0.717) is 19.4 Å². The van der Waals surface area contributed by atoms with Crippen LogP contribution in [0.4, 0.5) is 0 Å². The summed E-state index contributed by atoms with van der Waals surface area (Å²) in [6.45, 7) is 0.706. The van der Waals surface area contributed by atoms with E-state index in [4.69, 9.17) is 0 Å². The van der Waals surface area contributed by atoms with Gasteiger partial charge >= 0.3 is 0 Å². The van der Waals surface area contributed by atoms with Gasteiger partial charge in [-0.05, 0) is 43.4 Å². The zero-order valence-corrected chi connectivity index (χ0v) is 11.7. The summed E-state index contributed by atoms with van der Waals surface area (Å²) in [6, 6.07) is 7.19. The van der Waals surface area contributed by atoms with Crippen molar-refractivity contribution in [3.05, 3.63) is 29.8 Å². The monoisotopic (exact) mass is 275 g/mol. The van der Waals surface area contributed by atoms with Gasteiger partial charge in [0.15, 0.2) is 0 Å². The maximum absolute atomic E-state index is 12.5. The van der Waals surface area contributed by atoms with Crippen molar-refractivity contribution in [2.75, 3.05) is 13.6 Å². The lowest BCUT2D eigenvalue weighted by Crippen LogP contribution is -2.55. The molecule has 1 aliphatic carbocycles. The number of hydrogen-bond donors (Lipinski definition) is 2. The number of rotatable bonds is 1. The fraction of sp³-hybridized carbons (Fsp3) is 0.562. The number of benzene rings is 1.